The van der Waals surface area contributed by atoms with Crippen molar-refractivity contribution in [1.29, 1.82) is 0 Å². The van der Waals surface area contributed by atoms with Crippen LogP contribution in [0.25, 0.3) is 0 Å². The van der Waals surface area contributed by atoms with E-state index in [9.17, 15) is 9.59 Å². The number of fused-ring (bicyclic) bond motifs is 1. The van der Waals surface area contributed by atoms with E-state index < -0.39 is 0 Å². The van der Waals surface area contributed by atoms with Crippen LogP contribution >= 0.6 is 11.6 Å². The summed E-state index contributed by atoms with van der Waals surface area (Å²) in [5.41, 5.74) is 2.39. The van der Waals surface area contributed by atoms with E-state index in [1.807, 2.05) is 24.3 Å². The number of ether oxygens (including phenoxy) is 1. The third-order valence-corrected chi connectivity index (χ3v) is 5.10. The predicted molar refractivity (Wildman–Crippen MR) is 120 cm³/mol. The van der Waals surface area contributed by atoms with Gasteiger partial charge in [0.2, 0.25) is 11.8 Å². The second-order valence-corrected chi connectivity index (χ2v) is 7.23. The lowest BCUT2D eigenvalue weighted by atomic mass is 10.1. The zero-order valence-corrected chi connectivity index (χ0v) is 17.5. The highest BCUT2D eigenvalue weighted by Crippen LogP contribution is 2.31. The number of benzene rings is 2. The Balaban J connectivity index is 1.61. The number of amides is 2. The van der Waals surface area contributed by atoms with Gasteiger partial charge >= 0.3 is 0 Å². The van der Waals surface area contributed by atoms with E-state index in [0.717, 1.165) is 5.56 Å². The summed E-state index contributed by atoms with van der Waals surface area (Å²) in [6.07, 6.45) is 1.60. The molecular formula is C23H19ClN4O3. The molecule has 1 aliphatic rings. The first-order chi connectivity index (χ1) is 15.0. The SMILES string of the molecule is COc1ccc(C2=Nc3cccnc3N(CC(=O)Nc3ccccc3Cl)C(=O)C2)cc1. The van der Waals surface area contributed by atoms with Gasteiger partial charge in [0, 0.05) is 6.20 Å². The molecule has 31 heavy (non-hydrogen) atoms. The van der Waals surface area contributed by atoms with E-state index in [4.69, 9.17) is 16.3 Å². The van der Waals surface area contributed by atoms with Crippen molar-refractivity contribution in [2.45, 2.75) is 6.42 Å². The lowest BCUT2D eigenvalue weighted by Crippen LogP contribution is -2.39. The van der Waals surface area contributed by atoms with Crippen LogP contribution in [0.3, 0.4) is 0 Å². The Morgan fingerprint density at radius 1 is 1.13 bits per heavy atom. The monoisotopic (exact) mass is 434 g/mol. The van der Waals surface area contributed by atoms with E-state index in [2.05, 4.69) is 15.3 Å². The van der Waals surface area contributed by atoms with Gasteiger partial charge in [-0.25, -0.2) is 9.98 Å². The fraction of sp³-hybridized carbons (Fsp3) is 0.130. The molecular weight excluding hydrogens is 416 g/mol. The van der Waals surface area contributed by atoms with Crippen LogP contribution in [-0.4, -0.2) is 36.2 Å². The number of hydrogen-bond acceptors (Lipinski definition) is 5. The molecule has 2 heterocycles. The molecule has 1 aliphatic heterocycles. The number of rotatable bonds is 5. The van der Waals surface area contributed by atoms with Gasteiger partial charge in [-0.2, -0.15) is 0 Å². The van der Waals surface area contributed by atoms with Crippen LogP contribution < -0.4 is 15.0 Å². The van der Waals surface area contributed by atoms with Gasteiger partial charge < -0.3 is 10.1 Å². The number of methoxy groups -OCH3 is 1. The molecule has 3 aromatic rings. The van der Waals surface area contributed by atoms with Gasteiger partial charge in [0.25, 0.3) is 0 Å². The molecule has 0 fully saturated rings. The Kier molecular flexibility index (Phi) is 5.95. The van der Waals surface area contributed by atoms with Crippen LogP contribution in [0.15, 0.2) is 71.9 Å². The molecule has 0 saturated heterocycles. The molecule has 156 valence electrons. The normalized spacial score (nSPS) is 13.2. The molecule has 0 unspecified atom stereocenters. The maximum atomic E-state index is 13.1. The molecule has 2 amide bonds. The summed E-state index contributed by atoms with van der Waals surface area (Å²) in [6, 6.07) is 17.7. The number of carbonyl (C=O) groups is 2. The van der Waals surface area contributed by atoms with Crippen molar-refractivity contribution < 1.29 is 14.3 Å². The summed E-state index contributed by atoms with van der Waals surface area (Å²) in [7, 11) is 1.59. The second kappa shape index (κ2) is 8.97. The molecule has 1 N–H and O–H groups in total. The number of para-hydroxylation sites is 1. The van der Waals surface area contributed by atoms with Gasteiger partial charge in [0.1, 0.15) is 18.0 Å². The summed E-state index contributed by atoms with van der Waals surface area (Å²) >= 11 is 6.12. The lowest BCUT2D eigenvalue weighted by molar-refractivity contribution is -0.120. The van der Waals surface area contributed by atoms with Crippen LogP contribution in [0.4, 0.5) is 17.2 Å². The molecule has 7 nitrogen and oxygen atoms in total. The summed E-state index contributed by atoms with van der Waals surface area (Å²) in [5.74, 6) is 0.391. The fourth-order valence-corrected chi connectivity index (χ4v) is 3.42. The number of aliphatic imine (C=N–C) groups is 1. The van der Waals surface area contributed by atoms with Crippen LogP contribution in [0, 0.1) is 0 Å². The van der Waals surface area contributed by atoms with Crippen molar-refractivity contribution in [3.05, 3.63) is 77.4 Å². The van der Waals surface area contributed by atoms with Crippen molar-refractivity contribution in [3.8, 4) is 5.75 Å². The molecule has 8 heteroatoms. The standard InChI is InChI=1S/C23H19ClN4O3/c1-31-16-10-8-15(9-11-16)20-13-22(30)28(23-19(26-20)7-4-12-25-23)14-21(29)27-18-6-3-2-5-17(18)24/h2-12H,13-14H2,1H3,(H,27,29). The summed E-state index contributed by atoms with van der Waals surface area (Å²) in [5, 5.41) is 3.16. The maximum absolute atomic E-state index is 13.1. The van der Waals surface area contributed by atoms with E-state index in [1.54, 1.807) is 49.7 Å². The van der Waals surface area contributed by atoms with E-state index >= 15 is 0 Å². The van der Waals surface area contributed by atoms with E-state index in [0.29, 0.717) is 33.7 Å². The van der Waals surface area contributed by atoms with Crippen molar-refractivity contribution in [1.82, 2.24) is 4.98 Å². The van der Waals surface area contributed by atoms with Crippen molar-refractivity contribution in [2.75, 3.05) is 23.9 Å². The lowest BCUT2D eigenvalue weighted by Gasteiger charge is -2.20. The predicted octanol–water partition coefficient (Wildman–Crippen LogP) is 4.24. The van der Waals surface area contributed by atoms with Gasteiger partial charge in [-0.15, -0.1) is 0 Å². The molecule has 2 aromatic carbocycles. The molecule has 0 radical (unpaired) electrons. The fourth-order valence-electron chi connectivity index (χ4n) is 3.23. The van der Waals surface area contributed by atoms with Gasteiger partial charge in [0.05, 0.1) is 30.0 Å². The molecule has 0 atom stereocenters. The Hall–Kier alpha value is -3.71. The molecule has 0 aliphatic carbocycles. The second-order valence-electron chi connectivity index (χ2n) is 6.82. The van der Waals surface area contributed by atoms with Gasteiger partial charge in [0.15, 0.2) is 5.82 Å². The van der Waals surface area contributed by atoms with Crippen molar-refractivity contribution >= 4 is 46.3 Å². The average Bonchev–Trinajstić information content (AvgIpc) is 2.92. The maximum Gasteiger partial charge on any atom is 0.244 e. The Morgan fingerprint density at radius 3 is 2.65 bits per heavy atom. The summed E-state index contributed by atoms with van der Waals surface area (Å²) < 4.78 is 5.20. The van der Waals surface area contributed by atoms with E-state index in [1.165, 1.54) is 4.90 Å². The first-order valence-corrected chi connectivity index (χ1v) is 9.94. The minimum absolute atomic E-state index is 0.0298. The number of nitrogens with one attached hydrogen (secondary N) is 1. The highest BCUT2D eigenvalue weighted by Gasteiger charge is 2.28. The highest BCUT2D eigenvalue weighted by atomic mass is 35.5. The number of carbonyl (C=O) groups excluding carboxylic acids is 2. The Labute approximate surface area is 184 Å². The van der Waals surface area contributed by atoms with Crippen molar-refractivity contribution in [3.63, 3.8) is 0 Å². The molecule has 0 bridgehead atoms. The van der Waals surface area contributed by atoms with Gasteiger partial charge in [-0.1, -0.05) is 23.7 Å². The topological polar surface area (TPSA) is 83.9 Å². The number of aromatic nitrogens is 1. The zero-order valence-electron chi connectivity index (χ0n) is 16.7. The summed E-state index contributed by atoms with van der Waals surface area (Å²) in [6.45, 7) is -0.209. The van der Waals surface area contributed by atoms with Crippen LogP contribution in [0.5, 0.6) is 5.75 Å². The third-order valence-electron chi connectivity index (χ3n) is 4.77. The number of pyridine rings is 1. The largest absolute Gasteiger partial charge is 0.497 e. The number of nitrogens with zero attached hydrogens (tertiary/aromatic N) is 3. The Bertz CT molecular complexity index is 1160. The highest BCUT2D eigenvalue weighted by molar-refractivity contribution is 6.33. The van der Waals surface area contributed by atoms with Gasteiger partial charge in [-0.3, -0.25) is 14.5 Å². The molecule has 0 spiro atoms. The third kappa shape index (κ3) is 4.57. The zero-order chi connectivity index (χ0) is 21.8. The number of halogens is 1. The molecule has 1 aromatic heterocycles. The van der Waals surface area contributed by atoms with E-state index in [-0.39, 0.29) is 24.8 Å². The van der Waals surface area contributed by atoms with Crippen LogP contribution in [0.1, 0.15) is 12.0 Å². The average molecular weight is 435 g/mol. The summed E-state index contributed by atoms with van der Waals surface area (Å²) in [4.78, 5) is 36.1. The quantitative estimate of drug-likeness (QED) is 0.651. The molecule has 4 rings (SSSR count). The first kappa shape index (κ1) is 20.6. The number of anilines is 2. The van der Waals surface area contributed by atoms with Crippen LogP contribution in [-0.2, 0) is 9.59 Å². The van der Waals surface area contributed by atoms with Gasteiger partial charge in [-0.05, 0) is 54.1 Å². The number of hydrogen-bond donors (Lipinski definition) is 1. The minimum atomic E-state index is -0.383. The minimum Gasteiger partial charge on any atom is -0.497 e. The smallest absolute Gasteiger partial charge is 0.244 e. The first-order valence-electron chi connectivity index (χ1n) is 9.57. The Morgan fingerprint density at radius 2 is 1.90 bits per heavy atom. The van der Waals surface area contributed by atoms with Crippen LogP contribution in [0.2, 0.25) is 5.02 Å². The molecule has 0 saturated carbocycles. The van der Waals surface area contributed by atoms with Crippen molar-refractivity contribution in [2.24, 2.45) is 4.99 Å².